The van der Waals surface area contributed by atoms with E-state index in [9.17, 15) is 24.6 Å². The molecule has 4 saturated carbocycles. The van der Waals surface area contributed by atoms with Crippen molar-refractivity contribution in [1.29, 1.82) is 0 Å². The quantitative estimate of drug-likeness (QED) is 0.345. The highest BCUT2D eigenvalue weighted by molar-refractivity contribution is 5.67. The smallest absolute Gasteiger partial charge is 0.303 e. The minimum Gasteiger partial charge on any atom is -0.462 e. The number of carbonyl (C=O) groups is 3. The van der Waals surface area contributed by atoms with E-state index in [1.54, 1.807) is 0 Å². The number of hydrogen-bond donors (Lipinski definition) is 2. The van der Waals surface area contributed by atoms with E-state index in [0.29, 0.717) is 31.3 Å². The van der Waals surface area contributed by atoms with E-state index in [1.165, 1.54) is 20.8 Å². The molecule has 0 aromatic heterocycles. The Labute approximate surface area is 205 Å². The van der Waals surface area contributed by atoms with Crippen molar-refractivity contribution in [3.63, 3.8) is 0 Å². The molecule has 2 aliphatic heterocycles. The fourth-order valence-corrected chi connectivity index (χ4v) is 9.06. The minimum atomic E-state index is -2.04. The number of rotatable bonds is 3. The summed E-state index contributed by atoms with van der Waals surface area (Å²) >= 11 is 0. The van der Waals surface area contributed by atoms with Crippen LogP contribution in [0.15, 0.2) is 12.2 Å². The Hall–Kier alpha value is -1.97. The summed E-state index contributed by atoms with van der Waals surface area (Å²) in [5.74, 6) is -4.85. The van der Waals surface area contributed by atoms with Crippen LogP contribution in [0.1, 0.15) is 60.3 Å². The Bertz CT molecular complexity index is 989. The lowest BCUT2D eigenvalue weighted by molar-refractivity contribution is -0.472. The van der Waals surface area contributed by atoms with Crippen molar-refractivity contribution >= 4 is 17.9 Å². The number of ether oxygens (including phenoxy) is 4. The molecular formula is C26H36O9. The first kappa shape index (κ1) is 24.7. The van der Waals surface area contributed by atoms with Gasteiger partial charge >= 0.3 is 17.9 Å². The van der Waals surface area contributed by atoms with Gasteiger partial charge in [-0.05, 0) is 42.6 Å². The maximum atomic E-state index is 12.4. The fraction of sp³-hybridized carbons (Fsp3) is 0.808. The zero-order chi connectivity index (χ0) is 25.7. The van der Waals surface area contributed by atoms with Gasteiger partial charge in [0, 0.05) is 38.0 Å². The van der Waals surface area contributed by atoms with Crippen LogP contribution in [0.3, 0.4) is 0 Å². The van der Waals surface area contributed by atoms with Crippen LogP contribution in [0.25, 0.3) is 0 Å². The molecular weight excluding hydrogens is 456 g/mol. The summed E-state index contributed by atoms with van der Waals surface area (Å²) in [5, 5.41) is 24.1. The molecule has 2 spiro atoms. The van der Waals surface area contributed by atoms with E-state index in [2.05, 4.69) is 6.58 Å². The Kier molecular flexibility index (Phi) is 5.31. The molecule has 0 unspecified atom stereocenters. The zero-order valence-electron chi connectivity index (χ0n) is 21.0. The van der Waals surface area contributed by atoms with Crippen LogP contribution in [0, 0.1) is 34.0 Å². The first-order valence-electron chi connectivity index (χ1n) is 12.5. The van der Waals surface area contributed by atoms with Gasteiger partial charge in [0.05, 0.1) is 18.1 Å². The monoisotopic (exact) mass is 492 g/mol. The largest absolute Gasteiger partial charge is 0.462 e. The summed E-state index contributed by atoms with van der Waals surface area (Å²) in [6.07, 6.45) is -1.64. The van der Waals surface area contributed by atoms with Crippen molar-refractivity contribution in [1.82, 2.24) is 0 Å². The molecule has 6 fully saturated rings. The predicted octanol–water partition coefficient (Wildman–Crippen LogP) is 1.88. The summed E-state index contributed by atoms with van der Waals surface area (Å²) in [6, 6.07) is 0. The van der Waals surface area contributed by atoms with E-state index in [-0.39, 0.29) is 12.5 Å². The second-order valence-electron chi connectivity index (χ2n) is 12.0. The van der Waals surface area contributed by atoms with Crippen LogP contribution in [-0.4, -0.2) is 64.9 Å². The second kappa shape index (κ2) is 7.52. The third kappa shape index (κ3) is 2.95. The van der Waals surface area contributed by atoms with Gasteiger partial charge in [-0.15, -0.1) is 0 Å². The van der Waals surface area contributed by atoms with Gasteiger partial charge in [0.1, 0.15) is 12.2 Å². The number of fused-ring (bicyclic) bond motifs is 2. The highest BCUT2D eigenvalue weighted by atomic mass is 16.7. The molecule has 10 atom stereocenters. The van der Waals surface area contributed by atoms with Crippen LogP contribution in [0.5, 0.6) is 0 Å². The molecule has 4 aliphatic carbocycles. The van der Waals surface area contributed by atoms with Gasteiger partial charge in [-0.25, -0.2) is 0 Å². The maximum absolute atomic E-state index is 12.4. The summed E-state index contributed by atoms with van der Waals surface area (Å²) in [5.41, 5.74) is -2.24. The van der Waals surface area contributed by atoms with Crippen LogP contribution >= 0.6 is 0 Å². The first-order valence-corrected chi connectivity index (χ1v) is 12.5. The van der Waals surface area contributed by atoms with Crippen molar-refractivity contribution in [2.24, 2.45) is 34.0 Å². The van der Waals surface area contributed by atoms with Gasteiger partial charge in [-0.3, -0.25) is 14.4 Å². The molecule has 2 N–H and O–H groups in total. The second-order valence-corrected chi connectivity index (χ2v) is 12.0. The lowest BCUT2D eigenvalue weighted by Gasteiger charge is -2.75. The highest BCUT2D eigenvalue weighted by Gasteiger charge is 2.87. The van der Waals surface area contributed by atoms with E-state index >= 15 is 0 Å². The maximum Gasteiger partial charge on any atom is 0.303 e. The molecule has 0 amide bonds. The van der Waals surface area contributed by atoms with Crippen LogP contribution in [-0.2, 0) is 33.3 Å². The van der Waals surface area contributed by atoms with E-state index in [1.807, 2.05) is 13.8 Å². The van der Waals surface area contributed by atoms with E-state index < -0.39 is 76.2 Å². The third-order valence-electron chi connectivity index (χ3n) is 9.86. The number of esters is 3. The topological polar surface area (TPSA) is 129 Å². The van der Waals surface area contributed by atoms with Gasteiger partial charge in [0.2, 0.25) is 5.79 Å². The number of hydrogen-bond acceptors (Lipinski definition) is 9. The molecule has 2 heterocycles. The van der Waals surface area contributed by atoms with Gasteiger partial charge < -0.3 is 29.2 Å². The zero-order valence-corrected chi connectivity index (χ0v) is 21.0. The first-order chi connectivity index (χ1) is 16.2. The van der Waals surface area contributed by atoms with Crippen LogP contribution in [0.4, 0.5) is 0 Å². The van der Waals surface area contributed by atoms with Crippen LogP contribution in [0.2, 0.25) is 0 Å². The predicted molar refractivity (Wildman–Crippen MR) is 120 cm³/mol. The van der Waals surface area contributed by atoms with Crippen LogP contribution < -0.4 is 0 Å². The molecule has 0 aromatic rings. The molecule has 9 nitrogen and oxygen atoms in total. The van der Waals surface area contributed by atoms with Crippen molar-refractivity contribution in [2.75, 3.05) is 6.61 Å². The molecule has 194 valence electrons. The van der Waals surface area contributed by atoms with Gasteiger partial charge in [-0.1, -0.05) is 20.4 Å². The molecule has 9 heteroatoms. The van der Waals surface area contributed by atoms with E-state index in [0.717, 1.165) is 0 Å². The minimum absolute atomic E-state index is 0.0152. The van der Waals surface area contributed by atoms with Crippen molar-refractivity contribution in [2.45, 2.75) is 90.5 Å². The SMILES string of the molecule is C=C1[C@@H]2C[C@@H](OC(C)=O)[C@H]3[C@@]45CO[C@](O)([C@@H](OC(C)=O)[C@@H]4C(C)(C)CC[C@@H]5OC(C)=O)[C@]3(C2)[C@@H]1O. The summed E-state index contributed by atoms with van der Waals surface area (Å²) in [6.45, 7) is 12.2. The molecule has 6 aliphatic rings. The lowest BCUT2D eigenvalue weighted by Crippen LogP contribution is -2.86. The Morgan fingerprint density at radius 1 is 1.03 bits per heavy atom. The summed E-state index contributed by atoms with van der Waals surface area (Å²) in [4.78, 5) is 36.9. The number of aliphatic hydroxyl groups excluding tert-OH is 1. The van der Waals surface area contributed by atoms with Gasteiger partial charge in [0.25, 0.3) is 0 Å². The molecule has 4 bridgehead atoms. The number of aliphatic hydroxyl groups is 2. The Morgan fingerprint density at radius 3 is 2.26 bits per heavy atom. The highest BCUT2D eigenvalue weighted by Crippen LogP contribution is 2.78. The van der Waals surface area contributed by atoms with Gasteiger partial charge in [-0.2, -0.15) is 0 Å². The average Bonchev–Trinajstić information content (AvgIpc) is 2.92. The summed E-state index contributed by atoms with van der Waals surface area (Å²) < 4.78 is 24.0. The molecule has 0 radical (unpaired) electrons. The van der Waals surface area contributed by atoms with E-state index in [4.69, 9.17) is 18.9 Å². The Balaban J connectivity index is 1.82. The lowest BCUT2D eigenvalue weighted by atomic mass is 9.35. The molecule has 35 heavy (non-hydrogen) atoms. The molecule has 2 saturated heterocycles. The average molecular weight is 493 g/mol. The van der Waals surface area contributed by atoms with Crippen molar-refractivity contribution < 1.29 is 43.5 Å². The van der Waals surface area contributed by atoms with Gasteiger partial charge in [0.15, 0.2) is 6.10 Å². The number of carbonyl (C=O) groups excluding carboxylic acids is 3. The molecule has 6 rings (SSSR count). The third-order valence-corrected chi connectivity index (χ3v) is 9.86. The standard InChI is InChI=1S/C26H36O9/c1-12-16-9-17(33-13(2)27)19-24-11-32-26(31,25(19,10-16)21(12)30)22(35-15(4)29)20(24)23(5,6)8-7-18(24)34-14(3)28/h16-22,30-31H,1,7-11H2,2-6H3/t16-,17-,18+,19+,20-,21-,22+,24+,25+,26-/m1/s1. The van der Waals surface area contributed by atoms with Crippen molar-refractivity contribution in [3.05, 3.63) is 12.2 Å². The molecule has 0 aromatic carbocycles. The normalized spacial score (nSPS) is 49.0. The Morgan fingerprint density at radius 2 is 1.66 bits per heavy atom. The summed E-state index contributed by atoms with van der Waals surface area (Å²) in [7, 11) is 0. The van der Waals surface area contributed by atoms with Crippen molar-refractivity contribution in [3.8, 4) is 0 Å². The fourth-order valence-electron chi connectivity index (χ4n) is 9.06.